The molecule has 0 aromatic rings. The molecular weight excluding hydrogens is 300 g/mol. The highest BCUT2D eigenvalue weighted by Gasteiger charge is 2.14. The molecule has 0 unspecified atom stereocenters. The third kappa shape index (κ3) is 9.60. The summed E-state index contributed by atoms with van der Waals surface area (Å²) in [6.07, 6.45) is 13.4. The highest BCUT2D eigenvalue weighted by molar-refractivity contribution is 5.94. The topological polar surface area (TPSA) is 46.4 Å². The molecular formula is C20H34N2O2. The Morgan fingerprint density at radius 1 is 1.08 bits per heavy atom. The first-order valence-electron chi connectivity index (χ1n) is 9.68. The summed E-state index contributed by atoms with van der Waals surface area (Å²) in [4.78, 5) is 12.9. The monoisotopic (exact) mass is 334 g/mol. The van der Waals surface area contributed by atoms with Crippen LogP contribution in [0, 0.1) is 12.0 Å². The third-order valence-corrected chi connectivity index (χ3v) is 4.61. The normalized spacial score (nSPS) is 14.3. The lowest BCUT2D eigenvalue weighted by Crippen LogP contribution is -2.37. The molecule has 1 heterocycles. The largest absolute Gasteiger partial charge is 0.544 e. The molecule has 1 rings (SSSR count). The van der Waals surface area contributed by atoms with Gasteiger partial charge in [-0.1, -0.05) is 64.7 Å². The molecule has 1 aliphatic rings. The van der Waals surface area contributed by atoms with Gasteiger partial charge in [-0.3, -0.25) is 0 Å². The second kappa shape index (κ2) is 12.9. The number of hydrogen-bond donors (Lipinski definition) is 0. The molecule has 0 aromatic heterocycles. The van der Waals surface area contributed by atoms with Gasteiger partial charge in [-0.05, 0) is 6.42 Å². The number of carbonyl (C=O) groups excluding carboxylic acids is 1. The van der Waals surface area contributed by atoms with Crippen molar-refractivity contribution in [1.82, 2.24) is 4.90 Å². The first-order valence-corrected chi connectivity index (χ1v) is 9.68. The smallest absolute Gasteiger partial charge is 0.226 e. The minimum atomic E-state index is -1.04. The molecule has 1 aliphatic heterocycles. The molecule has 0 bridgehead atoms. The summed E-state index contributed by atoms with van der Waals surface area (Å²) in [5.74, 6) is 2.02. The van der Waals surface area contributed by atoms with Crippen molar-refractivity contribution in [3.8, 4) is 12.0 Å². The highest BCUT2D eigenvalue weighted by Crippen LogP contribution is 2.10. The first-order chi connectivity index (χ1) is 11.6. The second-order valence-electron chi connectivity index (χ2n) is 6.78. The lowest BCUT2D eigenvalue weighted by molar-refractivity contribution is -0.526. The molecule has 0 saturated heterocycles. The maximum atomic E-state index is 10.7. The van der Waals surface area contributed by atoms with E-state index in [0.717, 1.165) is 18.8 Å². The van der Waals surface area contributed by atoms with Crippen molar-refractivity contribution >= 4 is 11.7 Å². The van der Waals surface area contributed by atoms with E-state index in [-0.39, 0.29) is 6.54 Å². The summed E-state index contributed by atoms with van der Waals surface area (Å²) in [5, 5.41) is 10.7. The molecule has 0 aliphatic carbocycles. The van der Waals surface area contributed by atoms with Gasteiger partial charge in [0, 0.05) is 25.4 Å². The number of carboxylic acids is 1. The van der Waals surface area contributed by atoms with Crippen LogP contribution in [0.1, 0.15) is 78.1 Å². The van der Waals surface area contributed by atoms with Gasteiger partial charge in [-0.2, -0.15) is 0 Å². The summed E-state index contributed by atoms with van der Waals surface area (Å²) >= 11 is 0. The van der Waals surface area contributed by atoms with Gasteiger partial charge in [0.2, 0.25) is 5.71 Å². The van der Waals surface area contributed by atoms with Crippen molar-refractivity contribution in [2.24, 2.45) is 0 Å². The van der Waals surface area contributed by atoms with Crippen molar-refractivity contribution in [2.45, 2.75) is 78.1 Å². The van der Waals surface area contributed by atoms with E-state index in [0.29, 0.717) is 6.54 Å². The van der Waals surface area contributed by atoms with Crippen molar-refractivity contribution < 1.29 is 14.5 Å². The average molecular weight is 335 g/mol. The number of carboxylic acid groups (broad SMARTS) is 1. The number of nitrogens with zero attached hydrogens (tertiary/aromatic N) is 2. The maximum absolute atomic E-state index is 10.7. The van der Waals surface area contributed by atoms with Crippen LogP contribution in [0.2, 0.25) is 0 Å². The summed E-state index contributed by atoms with van der Waals surface area (Å²) in [6.45, 7) is 6.55. The zero-order valence-electron chi connectivity index (χ0n) is 15.6. The zero-order chi connectivity index (χ0) is 17.6. The van der Waals surface area contributed by atoms with Crippen LogP contribution in [0.3, 0.4) is 0 Å². The molecule has 0 saturated carbocycles. The predicted octanol–water partition coefficient (Wildman–Crippen LogP) is 2.41. The quantitative estimate of drug-likeness (QED) is 0.295. The molecule has 0 N–H and O–H groups in total. The first kappa shape index (κ1) is 20.5. The lowest BCUT2D eigenvalue weighted by Gasteiger charge is -2.15. The van der Waals surface area contributed by atoms with E-state index in [2.05, 4.69) is 23.8 Å². The van der Waals surface area contributed by atoms with E-state index in [1.54, 1.807) is 4.58 Å². The highest BCUT2D eigenvalue weighted by atomic mass is 16.4. The summed E-state index contributed by atoms with van der Waals surface area (Å²) in [7, 11) is 0. The SMILES string of the molecule is CCCCCCCCCCCCN1C#CC(C)=[N+](CC(=O)[O-])CC1. The minimum Gasteiger partial charge on any atom is -0.544 e. The maximum Gasteiger partial charge on any atom is 0.226 e. The molecule has 0 radical (unpaired) electrons. The van der Waals surface area contributed by atoms with E-state index in [9.17, 15) is 9.90 Å². The van der Waals surface area contributed by atoms with Crippen LogP contribution in [0.25, 0.3) is 0 Å². The Bertz CT molecular complexity index is 460. The van der Waals surface area contributed by atoms with Gasteiger partial charge >= 0.3 is 0 Å². The fraction of sp³-hybridized carbons (Fsp3) is 0.800. The zero-order valence-corrected chi connectivity index (χ0v) is 15.6. The van der Waals surface area contributed by atoms with E-state index in [4.69, 9.17) is 0 Å². The van der Waals surface area contributed by atoms with Gasteiger partial charge in [-0.25, -0.2) is 4.58 Å². The fourth-order valence-electron chi connectivity index (χ4n) is 3.02. The Labute approximate surface area is 147 Å². The van der Waals surface area contributed by atoms with Gasteiger partial charge < -0.3 is 14.8 Å². The molecule has 4 heteroatoms. The van der Waals surface area contributed by atoms with Crippen LogP contribution < -0.4 is 5.11 Å². The van der Waals surface area contributed by atoms with Gasteiger partial charge in [0.1, 0.15) is 5.97 Å². The Balaban J connectivity index is 2.07. The van der Waals surface area contributed by atoms with Crippen LogP contribution in [0.15, 0.2) is 0 Å². The average Bonchev–Trinajstić information content (AvgIpc) is 2.72. The number of carbonyl (C=O) groups is 1. The van der Waals surface area contributed by atoms with E-state index in [1.807, 2.05) is 6.92 Å². The van der Waals surface area contributed by atoms with Gasteiger partial charge in [0.05, 0.1) is 6.54 Å². The third-order valence-electron chi connectivity index (χ3n) is 4.61. The van der Waals surface area contributed by atoms with Crippen LogP contribution in [-0.2, 0) is 4.79 Å². The lowest BCUT2D eigenvalue weighted by atomic mass is 10.1. The van der Waals surface area contributed by atoms with Gasteiger partial charge in [0.15, 0.2) is 13.1 Å². The second-order valence-corrected chi connectivity index (χ2v) is 6.78. The predicted molar refractivity (Wildman–Crippen MR) is 96.9 cm³/mol. The van der Waals surface area contributed by atoms with Crippen molar-refractivity contribution in [1.29, 1.82) is 0 Å². The molecule has 0 amide bonds. The van der Waals surface area contributed by atoms with E-state index >= 15 is 0 Å². The number of rotatable bonds is 13. The molecule has 0 atom stereocenters. The Hall–Kier alpha value is -1.50. The van der Waals surface area contributed by atoms with Crippen LogP contribution in [-0.4, -0.2) is 47.3 Å². The summed E-state index contributed by atoms with van der Waals surface area (Å²) < 4.78 is 1.79. The van der Waals surface area contributed by atoms with Gasteiger partial charge in [0.25, 0.3) is 0 Å². The molecule has 24 heavy (non-hydrogen) atoms. The fourth-order valence-corrected chi connectivity index (χ4v) is 3.02. The standard InChI is InChI=1S/C20H34N2O2/c1-3-4-5-6-7-8-9-10-11-12-14-21-15-13-19(2)22(17-16-21)18-20(23)24/h3-12,14,16-18H2,1-2H3. The molecule has 0 aromatic carbocycles. The summed E-state index contributed by atoms with van der Waals surface area (Å²) in [6, 6.07) is 3.16. The van der Waals surface area contributed by atoms with Crippen LogP contribution in [0.4, 0.5) is 0 Å². The van der Waals surface area contributed by atoms with Crippen molar-refractivity contribution in [3.05, 3.63) is 0 Å². The number of aliphatic carboxylic acids is 1. The van der Waals surface area contributed by atoms with Crippen molar-refractivity contribution in [3.63, 3.8) is 0 Å². The van der Waals surface area contributed by atoms with Crippen molar-refractivity contribution in [2.75, 3.05) is 26.2 Å². The number of hydrogen-bond acceptors (Lipinski definition) is 3. The number of unbranched alkanes of at least 4 members (excludes halogenated alkanes) is 9. The molecule has 4 nitrogen and oxygen atoms in total. The Morgan fingerprint density at radius 2 is 1.67 bits per heavy atom. The molecule has 0 fully saturated rings. The Kier molecular flexibility index (Phi) is 11.0. The van der Waals surface area contributed by atoms with E-state index in [1.165, 1.54) is 64.2 Å². The van der Waals surface area contributed by atoms with Crippen LogP contribution in [0.5, 0.6) is 0 Å². The minimum absolute atomic E-state index is 0.0629. The Morgan fingerprint density at radius 3 is 2.25 bits per heavy atom. The van der Waals surface area contributed by atoms with E-state index < -0.39 is 5.97 Å². The molecule has 136 valence electrons. The summed E-state index contributed by atoms with van der Waals surface area (Å²) in [5.41, 5.74) is 0.824. The molecule has 0 spiro atoms. The van der Waals surface area contributed by atoms with Crippen LogP contribution >= 0.6 is 0 Å². The van der Waals surface area contributed by atoms with Gasteiger partial charge in [-0.15, -0.1) is 0 Å².